The van der Waals surface area contributed by atoms with Crippen molar-refractivity contribution in [3.8, 4) is 22.8 Å². The van der Waals surface area contributed by atoms with Gasteiger partial charge >= 0.3 is 0 Å². The summed E-state index contributed by atoms with van der Waals surface area (Å²) in [4.78, 5) is 19.3. The van der Waals surface area contributed by atoms with Crippen LogP contribution in [0.1, 0.15) is 0 Å². The summed E-state index contributed by atoms with van der Waals surface area (Å²) in [6.45, 7) is 0. The van der Waals surface area contributed by atoms with Gasteiger partial charge in [-0.25, -0.2) is 9.97 Å². The Morgan fingerprint density at radius 2 is 1.77 bits per heavy atom. The van der Waals surface area contributed by atoms with Crippen molar-refractivity contribution in [1.29, 1.82) is 0 Å². The number of methoxy groups -OCH3 is 2. The first kappa shape index (κ1) is 17.2. The second-order valence-corrected chi connectivity index (χ2v) is 5.29. The summed E-state index contributed by atoms with van der Waals surface area (Å²) in [5, 5.41) is 5.81. The van der Waals surface area contributed by atoms with Crippen LogP contribution < -0.4 is 20.1 Å². The van der Waals surface area contributed by atoms with Gasteiger partial charge in [-0.15, -0.1) is 0 Å². The largest absolute Gasteiger partial charge is 0.496 e. The van der Waals surface area contributed by atoms with E-state index in [9.17, 15) is 4.79 Å². The lowest BCUT2D eigenvalue weighted by atomic mass is 10.1. The second-order valence-electron chi connectivity index (χ2n) is 5.29. The van der Waals surface area contributed by atoms with E-state index in [1.54, 1.807) is 26.4 Å². The van der Waals surface area contributed by atoms with Crippen molar-refractivity contribution >= 4 is 23.6 Å². The van der Waals surface area contributed by atoms with E-state index in [-0.39, 0.29) is 0 Å². The predicted molar refractivity (Wildman–Crippen MR) is 100.0 cm³/mol. The third-order valence-electron chi connectivity index (χ3n) is 3.74. The fourth-order valence-corrected chi connectivity index (χ4v) is 2.54. The number of aromatic nitrogens is 2. The number of ether oxygens (including phenoxy) is 2. The number of rotatable bonds is 7. The number of nitrogens with one attached hydrogen (secondary N) is 2. The highest BCUT2D eigenvalue weighted by atomic mass is 16.5. The molecule has 0 aliphatic heterocycles. The number of anilines is 3. The standard InChI is InChI=1S/C19H18N4O3/c1-25-17-6-4-3-5-14(17)15-10-19(21-11-20-15)23-13-7-8-18(26-2)16(9-13)22-12-24/h3-12H,1-2H3,(H,22,24)(H,20,21,23). The summed E-state index contributed by atoms with van der Waals surface area (Å²) < 4.78 is 10.6. The normalized spacial score (nSPS) is 10.1. The molecule has 0 unspecified atom stereocenters. The van der Waals surface area contributed by atoms with Crippen LogP contribution >= 0.6 is 0 Å². The molecule has 0 aliphatic carbocycles. The number of nitrogens with zero attached hydrogens (tertiary/aromatic N) is 2. The summed E-state index contributed by atoms with van der Waals surface area (Å²) >= 11 is 0. The van der Waals surface area contributed by atoms with Crippen molar-refractivity contribution in [3.05, 3.63) is 54.9 Å². The minimum atomic E-state index is 0.562. The van der Waals surface area contributed by atoms with E-state index in [2.05, 4.69) is 20.6 Å². The molecule has 0 saturated heterocycles. The molecule has 0 bridgehead atoms. The van der Waals surface area contributed by atoms with Gasteiger partial charge in [0.15, 0.2) is 0 Å². The van der Waals surface area contributed by atoms with Gasteiger partial charge in [0.25, 0.3) is 0 Å². The molecule has 0 fully saturated rings. The van der Waals surface area contributed by atoms with Gasteiger partial charge in [-0.1, -0.05) is 12.1 Å². The van der Waals surface area contributed by atoms with Gasteiger partial charge in [0.1, 0.15) is 23.6 Å². The molecule has 7 heteroatoms. The first-order valence-corrected chi connectivity index (χ1v) is 7.86. The van der Waals surface area contributed by atoms with Crippen LogP contribution in [0.25, 0.3) is 11.3 Å². The van der Waals surface area contributed by atoms with Crippen molar-refractivity contribution in [2.45, 2.75) is 0 Å². The molecule has 1 heterocycles. The van der Waals surface area contributed by atoms with E-state index < -0.39 is 0 Å². The Balaban J connectivity index is 1.90. The third kappa shape index (κ3) is 3.72. The monoisotopic (exact) mass is 350 g/mol. The van der Waals surface area contributed by atoms with Crippen LogP contribution in [-0.2, 0) is 4.79 Å². The van der Waals surface area contributed by atoms with Crippen LogP contribution in [0.2, 0.25) is 0 Å². The molecule has 132 valence electrons. The third-order valence-corrected chi connectivity index (χ3v) is 3.74. The Kier molecular flexibility index (Phi) is 5.28. The Morgan fingerprint density at radius 3 is 2.54 bits per heavy atom. The molecule has 1 amide bonds. The Morgan fingerprint density at radius 1 is 0.962 bits per heavy atom. The van der Waals surface area contributed by atoms with E-state index in [4.69, 9.17) is 9.47 Å². The van der Waals surface area contributed by atoms with Gasteiger partial charge < -0.3 is 20.1 Å². The zero-order chi connectivity index (χ0) is 18.4. The fourth-order valence-electron chi connectivity index (χ4n) is 2.54. The van der Waals surface area contributed by atoms with E-state index in [0.717, 1.165) is 22.7 Å². The van der Waals surface area contributed by atoms with Crippen molar-refractivity contribution < 1.29 is 14.3 Å². The van der Waals surface area contributed by atoms with Crippen LogP contribution in [0.3, 0.4) is 0 Å². The summed E-state index contributed by atoms with van der Waals surface area (Å²) in [5.74, 6) is 1.92. The van der Waals surface area contributed by atoms with Crippen molar-refractivity contribution in [3.63, 3.8) is 0 Å². The van der Waals surface area contributed by atoms with Gasteiger partial charge in [0.2, 0.25) is 6.41 Å². The first-order chi connectivity index (χ1) is 12.7. The molecular weight excluding hydrogens is 332 g/mol. The molecule has 0 spiro atoms. The molecule has 3 aromatic rings. The van der Waals surface area contributed by atoms with Crippen LogP contribution in [-0.4, -0.2) is 30.6 Å². The molecule has 26 heavy (non-hydrogen) atoms. The number of hydrogen-bond donors (Lipinski definition) is 2. The van der Waals surface area contributed by atoms with Gasteiger partial charge in [0.05, 0.1) is 25.6 Å². The van der Waals surface area contributed by atoms with Crippen molar-refractivity contribution in [2.24, 2.45) is 0 Å². The molecule has 7 nitrogen and oxygen atoms in total. The van der Waals surface area contributed by atoms with Gasteiger partial charge in [-0.3, -0.25) is 4.79 Å². The van der Waals surface area contributed by atoms with E-state index in [1.807, 2.05) is 36.4 Å². The molecule has 2 aromatic carbocycles. The number of hydrogen-bond acceptors (Lipinski definition) is 6. The second kappa shape index (κ2) is 7.98. The highest BCUT2D eigenvalue weighted by molar-refractivity contribution is 5.79. The molecule has 0 saturated carbocycles. The minimum absolute atomic E-state index is 0.562. The number of carbonyl (C=O) groups is 1. The van der Waals surface area contributed by atoms with Crippen LogP contribution in [0, 0.1) is 0 Å². The lowest BCUT2D eigenvalue weighted by Crippen LogP contribution is -2.00. The molecule has 3 rings (SSSR count). The van der Waals surface area contributed by atoms with Crippen molar-refractivity contribution in [2.75, 3.05) is 24.9 Å². The Labute approximate surface area is 151 Å². The molecule has 0 aliphatic rings. The molecule has 0 atom stereocenters. The number of benzene rings is 2. The molecule has 0 radical (unpaired) electrons. The maximum Gasteiger partial charge on any atom is 0.211 e. The summed E-state index contributed by atoms with van der Waals surface area (Å²) in [6, 6.07) is 14.8. The SMILES string of the molecule is COc1ccc(Nc2cc(-c3ccccc3OC)ncn2)cc1NC=O. The average molecular weight is 350 g/mol. The van der Waals surface area contributed by atoms with Crippen LogP contribution in [0.15, 0.2) is 54.9 Å². The Hall–Kier alpha value is -3.61. The van der Waals surface area contributed by atoms with Gasteiger partial charge in [-0.2, -0.15) is 0 Å². The van der Waals surface area contributed by atoms with Gasteiger partial charge in [-0.05, 0) is 30.3 Å². The zero-order valence-electron chi connectivity index (χ0n) is 14.4. The quantitative estimate of drug-likeness (QED) is 0.635. The first-order valence-electron chi connectivity index (χ1n) is 7.86. The van der Waals surface area contributed by atoms with Gasteiger partial charge in [0, 0.05) is 17.3 Å². The van der Waals surface area contributed by atoms with Crippen LogP contribution in [0.4, 0.5) is 17.2 Å². The number of para-hydroxylation sites is 1. The molecule has 2 N–H and O–H groups in total. The molecule has 1 aromatic heterocycles. The summed E-state index contributed by atoms with van der Waals surface area (Å²) in [7, 11) is 3.17. The highest BCUT2D eigenvalue weighted by Gasteiger charge is 2.09. The lowest BCUT2D eigenvalue weighted by molar-refractivity contribution is -0.105. The maximum atomic E-state index is 10.8. The highest BCUT2D eigenvalue weighted by Crippen LogP contribution is 2.31. The number of carbonyl (C=O) groups excluding carboxylic acids is 1. The zero-order valence-corrected chi connectivity index (χ0v) is 14.4. The minimum Gasteiger partial charge on any atom is -0.496 e. The fraction of sp³-hybridized carbons (Fsp3) is 0.105. The average Bonchev–Trinajstić information content (AvgIpc) is 2.69. The lowest BCUT2D eigenvalue weighted by Gasteiger charge is -2.12. The Bertz CT molecular complexity index is 915. The smallest absolute Gasteiger partial charge is 0.211 e. The van der Waals surface area contributed by atoms with Crippen LogP contribution in [0.5, 0.6) is 11.5 Å². The summed E-state index contributed by atoms with van der Waals surface area (Å²) in [5.41, 5.74) is 2.92. The maximum absolute atomic E-state index is 10.8. The van der Waals surface area contributed by atoms with E-state index in [1.165, 1.54) is 6.33 Å². The van der Waals surface area contributed by atoms with E-state index >= 15 is 0 Å². The molecular formula is C19H18N4O3. The topological polar surface area (TPSA) is 85.4 Å². The van der Waals surface area contributed by atoms with Crippen molar-refractivity contribution in [1.82, 2.24) is 9.97 Å². The van der Waals surface area contributed by atoms with E-state index in [0.29, 0.717) is 23.7 Å². The predicted octanol–water partition coefficient (Wildman–Crippen LogP) is 3.47. The summed E-state index contributed by atoms with van der Waals surface area (Å²) in [6.07, 6.45) is 2.09. The number of amides is 1.